The van der Waals surface area contributed by atoms with Gasteiger partial charge in [-0.3, -0.25) is 4.79 Å². The van der Waals surface area contributed by atoms with Crippen LogP contribution in [0.3, 0.4) is 0 Å². The second-order valence-corrected chi connectivity index (χ2v) is 3.46. The molecule has 1 unspecified atom stereocenters. The number of hydrogen-bond acceptors (Lipinski definition) is 3. The van der Waals surface area contributed by atoms with Gasteiger partial charge in [0, 0.05) is 14.2 Å². The fraction of sp³-hybridized carbons (Fsp3) is 0.900. The zero-order valence-electron chi connectivity index (χ0n) is 9.37. The van der Waals surface area contributed by atoms with E-state index in [1.54, 1.807) is 6.92 Å². The summed E-state index contributed by atoms with van der Waals surface area (Å²) in [5, 5.41) is 9.04. The maximum Gasteiger partial charge on any atom is 0.311 e. The molecule has 0 aromatic heterocycles. The molecule has 4 nitrogen and oxygen atoms in total. The molecule has 14 heavy (non-hydrogen) atoms. The van der Waals surface area contributed by atoms with E-state index in [0.717, 1.165) is 12.8 Å². The Morgan fingerprint density at radius 3 is 2.21 bits per heavy atom. The average molecular weight is 204 g/mol. The molecular weight excluding hydrogens is 184 g/mol. The number of aliphatic carboxylic acids is 1. The molecule has 0 aliphatic rings. The largest absolute Gasteiger partial charge is 0.481 e. The highest BCUT2D eigenvalue weighted by Crippen LogP contribution is 2.27. The number of rotatable bonds is 7. The Bertz CT molecular complexity index is 175. The summed E-state index contributed by atoms with van der Waals surface area (Å²) in [7, 11) is 2.93. The molecule has 0 aromatic carbocycles. The third-order valence-electron chi connectivity index (χ3n) is 2.59. The lowest BCUT2D eigenvalue weighted by Crippen LogP contribution is -2.43. The molecule has 4 heteroatoms. The van der Waals surface area contributed by atoms with Gasteiger partial charge in [-0.15, -0.1) is 0 Å². The van der Waals surface area contributed by atoms with Gasteiger partial charge in [0.15, 0.2) is 5.79 Å². The number of methoxy groups -OCH3 is 2. The van der Waals surface area contributed by atoms with Gasteiger partial charge in [0.1, 0.15) is 5.92 Å². The first-order valence-corrected chi connectivity index (χ1v) is 4.85. The van der Waals surface area contributed by atoms with Gasteiger partial charge in [-0.25, -0.2) is 0 Å². The maximum atomic E-state index is 11.0. The van der Waals surface area contributed by atoms with Crippen molar-refractivity contribution in [1.82, 2.24) is 0 Å². The molecule has 0 aromatic rings. The molecule has 0 saturated carbocycles. The lowest BCUT2D eigenvalue weighted by Gasteiger charge is -2.32. The first-order chi connectivity index (χ1) is 6.51. The summed E-state index contributed by atoms with van der Waals surface area (Å²) in [6.07, 6.45) is 2.40. The van der Waals surface area contributed by atoms with Gasteiger partial charge in [-0.05, 0) is 13.3 Å². The van der Waals surface area contributed by atoms with Gasteiger partial charge in [0.25, 0.3) is 0 Å². The van der Waals surface area contributed by atoms with Crippen LogP contribution in [0.5, 0.6) is 0 Å². The Hall–Kier alpha value is -0.610. The zero-order valence-corrected chi connectivity index (χ0v) is 9.37. The van der Waals surface area contributed by atoms with E-state index < -0.39 is 17.7 Å². The van der Waals surface area contributed by atoms with Crippen LogP contribution in [0.4, 0.5) is 0 Å². The summed E-state index contributed by atoms with van der Waals surface area (Å²) in [6.45, 7) is 3.68. The molecule has 84 valence electrons. The van der Waals surface area contributed by atoms with Crippen LogP contribution in [0.15, 0.2) is 0 Å². The number of unbranched alkanes of at least 4 members (excludes halogenated alkanes) is 1. The lowest BCUT2D eigenvalue weighted by molar-refractivity contribution is -0.232. The van der Waals surface area contributed by atoms with E-state index in [1.165, 1.54) is 14.2 Å². The summed E-state index contributed by atoms with van der Waals surface area (Å²) >= 11 is 0. The monoisotopic (exact) mass is 204 g/mol. The van der Waals surface area contributed by atoms with Crippen LogP contribution in [-0.2, 0) is 14.3 Å². The highest BCUT2D eigenvalue weighted by Gasteiger charge is 2.39. The molecular formula is C10H20O4. The van der Waals surface area contributed by atoms with E-state index >= 15 is 0 Å². The third-order valence-corrected chi connectivity index (χ3v) is 2.59. The Kier molecular flexibility index (Phi) is 5.72. The Morgan fingerprint density at radius 2 is 1.93 bits per heavy atom. The van der Waals surface area contributed by atoms with Crippen molar-refractivity contribution in [2.75, 3.05) is 14.2 Å². The lowest BCUT2D eigenvalue weighted by atomic mass is 9.94. The van der Waals surface area contributed by atoms with Crippen LogP contribution in [-0.4, -0.2) is 31.1 Å². The summed E-state index contributed by atoms with van der Waals surface area (Å²) < 4.78 is 10.2. The number of carboxylic acids is 1. The third kappa shape index (κ3) is 3.27. The molecule has 0 amide bonds. The smallest absolute Gasteiger partial charge is 0.311 e. The Labute approximate surface area is 85.2 Å². The van der Waals surface area contributed by atoms with Gasteiger partial charge < -0.3 is 14.6 Å². The van der Waals surface area contributed by atoms with Crippen molar-refractivity contribution < 1.29 is 19.4 Å². The standard InChI is InChI=1S/C10H20O4/c1-5-6-7-8(9(11)12)10(2,13-3)14-4/h8H,5-7H2,1-4H3,(H,11,12). The molecule has 0 radical (unpaired) electrons. The van der Waals surface area contributed by atoms with Crippen LogP contribution < -0.4 is 0 Å². The number of carbonyl (C=O) groups is 1. The Morgan fingerprint density at radius 1 is 1.43 bits per heavy atom. The minimum Gasteiger partial charge on any atom is -0.481 e. The normalized spacial score (nSPS) is 14.0. The van der Waals surface area contributed by atoms with Crippen molar-refractivity contribution in [3.8, 4) is 0 Å². The molecule has 0 aliphatic carbocycles. The first kappa shape index (κ1) is 13.4. The van der Waals surface area contributed by atoms with Crippen molar-refractivity contribution in [2.24, 2.45) is 5.92 Å². The van der Waals surface area contributed by atoms with Crippen molar-refractivity contribution in [3.63, 3.8) is 0 Å². The van der Waals surface area contributed by atoms with Crippen molar-refractivity contribution >= 4 is 5.97 Å². The molecule has 1 N–H and O–H groups in total. The van der Waals surface area contributed by atoms with E-state index in [1.807, 2.05) is 6.92 Å². The van der Waals surface area contributed by atoms with Crippen molar-refractivity contribution in [3.05, 3.63) is 0 Å². The van der Waals surface area contributed by atoms with E-state index in [4.69, 9.17) is 14.6 Å². The minimum absolute atomic E-state index is 0.573. The first-order valence-electron chi connectivity index (χ1n) is 4.85. The van der Waals surface area contributed by atoms with Gasteiger partial charge in [-0.1, -0.05) is 19.8 Å². The Balaban J connectivity index is 4.52. The predicted octanol–water partition coefficient (Wildman–Crippen LogP) is 1.89. The topological polar surface area (TPSA) is 55.8 Å². The SMILES string of the molecule is CCCCC(C(=O)O)C(C)(OC)OC. The fourth-order valence-corrected chi connectivity index (χ4v) is 1.39. The van der Waals surface area contributed by atoms with Crippen molar-refractivity contribution in [1.29, 1.82) is 0 Å². The highest BCUT2D eigenvalue weighted by molar-refractivity contribution is 5.71. The minimum atomic E-state index is -1.03. The second kappa shape index (κ2) is 5.98. The van der Waals surface area contributed by atoms with E-state index in [-0.39, 0.29) is 0 Å². The van der Waals surface area contributed by atoms with Crippen molar-refractivity contribution in [2.45, 2.75) is 38.9 Å². The van der Waals surface area contributed by atoms with E-state index in [9.17, 15) is 4.79 Å². The number of ether oxygens (including phenoxy) is 2. The summed E-state index contributed by atoms with van der Waals surface area (Å²) in [6, 6.07) is 0. The fourth-order valence-electron chi connectivity index (χ4n) is 1.39. The number of carboxylic acid groups (broad SMARTS) is 1. The molecule has 0 bridgehead atoms. The summed E-state index contributed by atoms with van der Waals surface area (Å²) in [4.78, 5) is 11.0. The van der Waals surface area contributed by atoms with Crippen LogP contribution in [0.25, 0.3) is 0 Å². The molecule has 0 spiro atoms. The van der Waals surface area contributed by atoms with Crippen LogP contribution >= 0.6 is 0 Å². The zero-order chi connectivity index (χ0) is 11.2. The molecule has 1 atom stereocenters. The van der Waals surface area contributed by atoms with Gasteiger partial charge >= 0.3 is 5.97 Å². The quantitative estimate of drug-likeness (QED) is 0.643. The maximum absolute atomic E-state index is 11.0. The van der Waals surface area contributed by atoms with Crippen LogP contribution in [0.2, 0.25) is 0 Å². The van der Waals surface area contributed by atoms with E-state index in [0.29, 0.717) is 6.42 Å². The van der Waals surface area contributed by atoms with E-state index in [2.05, 4.69) is 0 Å². The highest BCUT2D eigenvalue weighted by atomic mass is 16.7. The van der Waals surface area contributed by atoms with Crippen LogP contribution in [0.1, 0.15) is 33.1 Å². The molecule has 0 saturated heterocycles. The molecule has 0 heterocycles. The molecule has 0 fully saturated rings. The predicted molar refractivity (Wildman–Crippen MR) is 53.1 cm³/mol. The van der Waals surface area contributed by atoms with Crippen LogP contribution in [0, 0.1) is 5.92 Å². The van der Waals surface area contributed by atoms with Gasteiger partial charge in [0.2, 0.25) is 0 Å². The average Bonchev–Trinajstić information content (AvgIpc) is 2.17. The second-order valence-electron chi connectivity index (χ2n) is 3.46. The summed E-state index contributed by atoms with van der Waals surface area (Å²) in [5.74, 6) is -2.51. The number of hydrogen-bond donors (Lipinski definition) is 1. The summed E-state index contributed by atoms with van der Waals surface area (Å²) in [5.41, 5.74) is 0. The molecule has 0 aliphatic heterocycles. The van der Waals surface area contributed by atoms with Gasteiger partial charge in [0.05, 0.1) is 0 Å². The van der Waals surface area contributed by atoms with Gasteiger partial charge in [-0.2, -0.15) is 0 Å². The molecule has 0 rings (SSSR count).